The number of hydrogen-bond acceptors (Lipinski definition) is 4. The van der Waals surface area contributed by atoms with Gasteiger partial charge in [-0.2, -0.15) is 0 Å². The summed E-state index contributed by atoms with van der Waals surface area (Å²) in [7, 11) is 0. The minimum atomic E-state index is -1.06. The quantitative estimate of drug-likeness (QED) is 0.916. The summed E-state index contributed by atoms with van der Waals surface area (Å²) in [4.78, 5) is 13.3. The molecule has 0 aliphatic carbocycles. The Balaban J connectivity index is 1.60. The van der Waals surface area contributed by atoms with Crippen molar-refractivity contribution in [2.75, 3.05) is 26.2 Å². The molecule has 0 saturated carbocycles. The molecule has 0 bridgehead atoms. The topological polar surface area (TPSA) is 62.9 Å². The van der Waals surface area contributed by atoms with Crippen LogP contribution < -0.4 is 4.74 Å². The van der Waals surface area contributed by atoms with Crippen molar-refractivity contribution in [2.24, 2.45) is 0 Å². The number of rotatable bonds is 5. The average molecular weight is 289 g/mol. The Hall–Kier alpha value is -2.01. The van der Waals surface area contributed by atoms with E-state index in [1.165, 1.54) is 25.3 Å². The van der Waals surface area contributed by atoms with E-state index in [1.807, 2.05) is 12.1 Å². The van der Waals surface area contributed by atoms with E-state index in [0.29, 0.717) is 17.9 Å². The first-order valence-electron chi connectivity index (χ1n) is 7.34. The molecule has 1 saturated heterocycles. The maximum absolute atomic E-state index is 10.9. The third-order valence-electron chi connectivity index (χ3n) is 3.83. The molecule has 3 rings (SSSR count). The van der Waals surface area contributed by atoms with E-state index in [0.717, 1.165) is 25.0 Å². The van der Waals surface area contributed by atoms with E-state index in [-0.39, 0.29) is 5.76 Å². The highest BCUT2D eigenvalue weighted by molar-refractivity contribution is 5.91. The zero-order chi connectivity index (χ0) is 14.7. The van der Waals surface area contributed by atoms with Gasteiger partial charge in [-0.1, -0.05) is 6.42 Å². The molecule has 2 heterocycles. The van der Waals surface area contributed by atoms with Gasteiger partial charge in [-0.25, -0.2) is 4.79 Å². The molecular weight excluding hydrogens is 270 g/mol. The van der Waals surface area contributed by atoms with Crippen LogP contribution in [0, 0.1) is 0 Å². The van der Waals surface area contributed by atoms with E-state index in [4.69, 9.17) is 14.3 Å². The number of carboxylic acids is 1. The molecule has 1 fully saturated rings. The van der Waals surface area contributed by atoms with Gasteiger partial charge in [-0.15, -0.1) is 0 Å². The van der Waals surface area contributed by atoms with Gasteiger partial charge < -0.3 is 14.3 Å². The maximum atomic E-state index is 10.9. The van der Waals surface area contributed by atoms with Crippen molar-refractivity contribution in [3.05, 3.63) is 30.0 Å². The standard InChI is InChI=1S/C16H19NO4/c18-16(19)15-10-12-4-5-13(11-14(12)21-15)20-9-8-17-6-2-1-3-7-17/h4-5,10-11H,1-3,6-9H2,(H,18,19). The number of furan rings is 1. The van der Waals surface area contributed by atoms with Gasteiger partial charge in [0.2, 0.25) is 5.76 Å². The lowest BCUT2D eigenvalue weighted by molar-refractivity contribution is 0.0665. The van der Waals surface area contributed by atoms with Gasteiger partial charge in [-0.05, 0) is 44.1 Å². The summed E-state index contributed by atoms with van der Waals surface area (Å²) >= 11 is 0. The molecule has 0 amide bonds. The van der Waals surface area contributed by atoms with Gasteiger partial charge in [0.05, 0.1) is 0 Å². The summed E-state index contributed by atoms with van der Waals surface area (Å²) in [5.74, 6) is -0.389. The van der Waals surface area contributed by atoms with Crippen LogP contribution in [-0.2, 0) is 0 Å². The van der Waals surface area contributed by atoms with E-state index in [2.05, 4.69) is 4.90 Å². The lowest BCUT2D eigenvalue weighted by atomic mass is 10.1. The van der Waals surface area contributed by atoms with Crippen LogP contribution in [0.25, 0.3) is 11.0 Å². The molecule has 21 heavy (non-hydrogen) atoms. The van der Waals surface area contributed by atoms with Crippen LogP contribution in [-0.4, -0.2) is 42.2 Å². The Labute approximate surface area is 123 Å². The summed E-state index contributed by atoms with van der Waals surface area (Å²) in [6.07, 6.45) is 3.88. The smallest absolute Gasteiger partial charge is 0.371 e. The van der Waals surface area contributed by atoms with Gasteiger partial charge in [0.15, 0.2) is 0 Å². The van der Waals surface area contributed by atoms with Crippen molar-refractivity contribution in [1.29, 1.82) is 0 Å². The second-order valence-electron chi connectivity index (χ2n) is 5.37. The van der Waals surface area contributed by atoms with Crippen molar-refractivity contribution in [3.63, 3.8) is 0 Å². The number of piperidine rings is 1. The molecule has 0 spiro atoms. The van der Waals surface area contributed by atoms with Crippen molar-refractivity contribution in [1.82, 2.24) is 4.90 Å². The SMILES string of the molecule is O=C(O)c1cc2ccc(OCCN3CCCCC3)cc2o1. The normalized spacial score (nSPS) is 16.2. The zero-order valence-corrected chi connectivity index (χ0v) is 11.9. The summed E-state index contributed by atoms with van der Waals surface area (Å²) in [6, 6.07) is 6.94. The Bertz CT molecular complexity index is 628. The monoisotopic (exact) mass is 289 g/mol. The second kappa shape index (κ2) is 6.18. The number of hydrogen-bond donors (Lipinski definition) is 1. The van der Waals surface area contributed by atoms with Crippen molar-refractivity contribution in [2.45, 2.75) is 19.3 Å². The molecule has 1 aliphatic rings. The Kier molecular flexibility index (Phi) is 4.10. The van der Waals surface area contributed by atoms with Crippen LogP contribution in [0.1, 0.15) is 29.8 Å². The number of benzene rings is 1. The number of ether oxygens (including phenoxy) is 1. The molecule has 1 aromatic carbocycles. The van der Waals surface area contributed by atoms with Gasteiger partial charge in [0.1, 0.15) is 17.9 Å². The molecule has 1 aromatic heterocycles. The van der Waals surface area contributed by atoms with Gasteiger partial charge in [0.25, 0.3) is 0 Å². The Morgan fingerprint density at radius 2 is 2.05 bits per heavy atom. The molecule has 1 N–H and O–H groups in total. The van der Waals surface area contributed by atoms with Crippen LogP contribution in [0.2, 0.25) is 0 Å². The van der Waals surface area contributed by atoms with Crippen molar-refractivity contribution in [3.8, 4) is 5.75 Å². The van der Waals surface area contributed by atoms with Crippen molar-refractivity contribution >= 4 is 16.9 Å². The fraction of sp³-hybridized carbons (Fsp3) is 0.438. The van der Waals surface area contributed by atoms with E-state index < -0.39 is 5.97 Å². The minimum absolute atomic E-state index is 0.0459. The number of fused-ring (bicyclic) bond motifs is 1. The number of carboxylic acid groups (broad SMARTS) is 1. The van der Waals surface area contributed by atoms with Gasteiger partial charge in [-0.3, -0.25) is 4.90 Å². The highest BCUT2D eigenvalue weighted by Gasteiger charge is 2.12. The molecule has 5 heteroatoms. The predicted molar refractivity (Wildman–Crippen MR) is 79.0 cm³/mol. The fourth-order valence-electron chi connectivity index (χ4n) is 2.68. The predicted octanol–water partition coefficient (Wildman–Crippen LogP) is 3.00. The molecule has 5 nitrogen and oxygen atoms in total. The first-order valence-corrected chi connectivity index (χ1v) is 7.34. The van der Waals surface area contributed by atoms with Crippen LogP contribution in [0.15, 0.2) is 28.7 Å². The van der Waals surface area contributed by atoms with Gasteiger partial charge >= 0.3 is 5.97 Å². The highest BCUT2D eigenvalue weighted by Crippen LogP contribution is 2.24. The molecule has 0 atom stereocenters. The molecule has 0 unspecified atom stereocenters. The van der Waals surface area contributed by atoms with E-state index in [9.17, 15) is 4.79 Å². The highest BCUT2D eigenvalue weighted by atomic mass is 16.5. The Morgan fingerprint density at radius 3 is 2.81 bits per heavy atom. The molecule has 1 aliphatic heterocycles. The first kappa shape index (κ1) is 13.9. The summed E-state index contributed by atoms with van der Waals surface area (Å²) in [6.45, 7) is 3.87. The number of likely N-dealkylation sites (tertiary alicyclic amines) is 1. The first-order chi connectivity index (χ1) is 10.2. The van der Waals surface area contributed by atoms with Gasteiger partial charge in [0, 0.05) is 18.0 Å². The maximum Gasteiger partial charge on any atom is 0.371 e. The molecule has 112 valence electrons. The lowest BCUT2D eigenvalue weighted by Gasteiger charge is -2.26. The Morgan fingerprint density at radius 1 is 1.24 bits per heavy atom. The molecular formula is C16H19NO4. The van der Waals surface area contributed by atoms with E-state index >= 15 is 0 Å². The minimum Gasteiger partial charge on any atom is -0.492 e. The number of carbonyl (C=O) groups is 1. The fourth-order valence-corrected chi connectivity index (χ4v) is 2.68. The van der Waals surface area contributed by atoms with Crippen molar-refractivity contribution < 1.29 is 19.1 Å². The number of nitrogens with zero attached hydrogens (tertiary/aromatic N) is 1. The third-order valence-corrected chi connectivity index (χ3v) is 3.83. The van der Waals surface area contributed by atoms with Crippen LogP contribution in [0.3, 0.4) is 0 Å². The van der Waals surface area contributed by atoms with E-state index in [1.54, 1.807) is 6.07 Å². The largest absolute Gasteiger partial charge is 0.492 e. The van der Waals surface area contributed by atoms with Crippen LogP contribution >= 0.6 is 0 Å². The summed E-state index contributed by atoms with van der Waals surface area (Å²) in [5, 5.41) is 9.68. The van der Waals surface area contributed by atoms with Crippen LogP contribution in [0.4, 0.5) is 0 Å². The number of aromatic carboxylic acids is 1. The second-order valence-corrected chi connectivity index (χ2v) is 5.37. The third kappa shape index (κ3) is 3.36. The molecule has 0 radical (unpaired) electrons. The molecule has 2 aromatic rings. The van der Waals surface area contributed by atoms with Crippen LogP contribution in [0.5, 0.6) is 5.75 Å². The summed E-state index contributed by atoms with van der Waals surface area (Å²) in [5.41, 5.74) is 0.544. The zero-order valence-electron chi connectivity index (χ0n) is 11.9. The summed E-state index contributed by atoms with van der Waals surface area (Å²) < 4.78 is 11.0. The average Bonchev–Trinajstić information content (AvgIpc) is 2.92. The lowest BCUT2D eigenvalue weighted by Crippen LogP contribution is -2.33.